The summed E-state index contributed by atoms with van der Waals surface area (Å²) in [6.07, 6.45) is 1.03. The number of carbonyl (C=O) groups excluding carboxylic acids is 2. The van der Waals surface area contributed by atoms with E-state index in [2.05, 4.69) is 10.3 Å². The van der Waals surface area contributed by atoms with Gasteiger partial charge in [-0.3, -0.25) is 9.59 Å². The molecule has 1 amide bonds. The molecule has 2 N–H and O–H groups in total. The number of aromatic hydroxyl groups is 1. The number of hydrogen-bond donors (Lipinski definition) is 2. The number of phenols is 1. The summed E-state index contributed by atoms with van der Waals surface area (Å²) in [4.78, 5) is 30.6. The fourth-order valence-corrected chi connectivity index (χ4v) is 5.03. The van der Waals surface area contributed by atoms with Crippen molar-refractivity contribution in [1.82, 2.24) is 10.3 Å². The van der Waals surface area contributed by atoms with Crippen molar-refractivity contribution >= 4 is 33.4 Å². The van der Waals surface area contributed by atoms with Crippen molar-refractivity contribution in [2.45, 2.75) is 52.2 Å². The van der Waals surface area contributed by atoms with Gasteiger partial charge in [-0.2, -0.15) is 0 Å². The van der Waals surface area contributed by atoms with E-state index in [0.717, 1.165) is 26.4 Å². The number of amides is 1. The number of fused-ring (bicyclic) bond motifs is 2. The average Bonchev–Trinajstić information content (AvgIpc) is 3.25. The maximum atomic E-state index is 13.4. The van der Waals surface area contributed by atoms with Gasteiger partial charge in [0.05, 0.1) is 28.6 Å². The van der Waals surface area contributed by atoms with Crippen LogP contribution in [-0.4, -0.2) is 27.6 Å². The Morgan fingerprint density at radius 3 is 2.48 bits per heavy atom. The highest BCUT2D eigenvalue weighted by atomic mass is 32.1. The van der Waals surface area contributed by atoms with Crippen molar-refractivity contribution in [3.63, 3.8) is 0 Å². The van der Waals surface area contributed by atoms with E-state index in [1.54, 1.807) is 18.2 Å². The Balaban J connectivity index is 1.53. The van der Waals surface area contributed by atoms with Gasteiger partial charge >= 0.3 is 5.97 Å². The van der Waals surface area contributed by atoms with E-state index in [-0.39, 0.29) is 30.6 Å². The molecule has 0 bridgehead atoms. The van der Waals surface area contributed by atoms with Crippen molar-refractivity contribution in [2.24, 2.45) is 5.41 Å². The van der Waals surface area contributed by atoms with Gasteiger partial charge in [0.25, 0.3) is 0 Å². The summed E-state index contributed by atoms with van der Waals surface area (Å²) < 4.78 is 6.40. The molecule has 162 valence electrons. The minimum Gasteiger partial charge on any atom is -0.508 e. The molecule has 1 aliphatic rings. The van der Waals surface area contributed by atoms with E-state index in [4.69, 9.17) is 4.74 Å². The lowest BCUT2D eigenvalue weighted by molar-refractivity contribution is -0.160. The molecule has 4 rings (SSSR count). The Morgan fingerprint density at radius 1 is 1.16 bits per heavy atom. The largest absolute Gasteiger partial charge is 0.508 e. The van der Waals surface area contributed by atoms with Crippen LogP contribution in [0.4, 0.5) is 0 Å². The molecular weight excluding hydrogens is 412 g/mol. The standard InChI is InChI=1S/C24H26N2O4S/c1-23(2,3)30-21(28)13-24(11-15-6-4-5-7-16(15)12-24)22(29)25-14-20-26-18-9-8-17(27)10-19(18)31-20/h4-10,27H,11-14H2,1-3H3,(H,25,29). The zero-order valence-corrected chi connectivity index (χ0v) is 18.7. The zero-order chi connectivity index (χ0) is 22.2. The number of benzene rings is 2. The number of carbonyl (C=O) groups is 2. The normalized spacial score (nSPS) is 14.9. The summed E-state index contributed by atoms with van der Waals surface area (Å²) in [5.41, 5.74) is 1.49. The highest BCUT2D eigenvalue weighted by Crippen LogP contribution is 2.41. The number of nitrogens with zero attached hydrogens (tertiary/aromatic N) is 1. The number of ether oxygens (including phenoxy) is 1. The van der Waals surface area contributed by atoms with Gasteiger partial charge in [0.2, 0.25) is 5.91 Å². The molecule has 2 aromatic carbocycles. The van der Waals surface area contributed by atoms with Gasteiger partial charge in [-0.1, -0.05) is 24.3 Å². The number of aromatic nitrogens is 1. The van der Waals surface area contributed by atoms with Crippen LogP contribution in [-0.2, 0) is 33.7 Å². The predicted molar refractivity (Wildman–Crippen MR) is 120 cm³/mol. The second-order valence-corrected chi connectivity index (χ2v) is 10.2. The Labute approximate surface area is 185 Å². The Morgan fingerprint density at radius 2 is 1.84 bits per heavy atom. The number of thiazole rings is 1. The molecule has 0 fully saturated rings. The fourth-order valence-electron chi connectivity index (χ4n) is 4.09. The van der Waals surface area contributed by atoms with E-state index >= 15 is 0 Å². The first kappa shape index (κ1) is 21.3. The highest BCUT2D eigenvalue weighted by molar-refractivity contribution is 7.18. The van der Waals surface area contributed by atoms with Crippen molar-refractivity contribution in [2.75, 3.05) is 0 Å². The molecule has 0 unspecified atom stereocenters. The lowest BCUT2D eigenvalue weighted by atomic mass is 9.80. The van der Waals surface area contributed by atoms with Crippen LogP contribution in [0.25, 0.3) is 10.2 Å². The Hall–Kier alpha value is -2.93. The van der Waals surface area contributed by atoms with E-state index in [1.165, 1.54) is 11.3 Å². The maximum absolute atomic E-state index is 13.4. The van der Waals surface area contributed by atoms with Crippen molar-refractivity contribution in [1.29, 1.82) is 0 Å². The summed E-state index contributed by atoms with van der Waals surface area (Å²) in [6.45, 7) is 5.75. The maximum Gasteiger partial charge on any atom is 0.307 e. The highest BCUT2D eigenvalue weighted by Gasteiger charge is 2.46. The topological polar surface area (TPSA) is 88.5 Å². The van der Waals surface area contributed by atoms with E-state index in [1.807, 2.05) is 45.0 Å². The summed E-state index contributed by atoms with van der Waals surface area (Å²) in [7, 11) is 0. The molecule has 3 aromatic rings. The molecule has 1 heterocycles. The smallest absolute Gasteiger partial charge is 0.307 e. The molecule has 1 aliphatic carbocycles. The molecule has 0 atom stereocenters. The van der Waals surface area contributed by atoms with Crippen LogP contribution < -0.4 is 5.32 Å². The molecule has 31 heavy (non-hydrogen) atoms. The average molecular weight is 439 g/mol. The van der Waals surface area contributed by atoms with Crippen LogP contribution >= 0.6 is 11.3 Å². The van der Waals surface area contributed by atoms with Gasteiger partial charge in [0, 0.05) is 0 Å². The fraction of sp³-hybridized carbons (Fsp3) is 0.375. The monoisotopic (exact) mass is 438 g/mol. The Bertz CT molecular complexity index is 1120. The molecule has 0 spiro atoms. The second-order valence-electron chi connectivity index (χ2n) is 9.11. The SMILES string of the molecule is CC(C)(C)OC(=O)CC1(C(=O)NCc2nc3ccc(O)cc3s2)Cc2ccccc2C1. The summed E-state index contributed by atoms with van der Waals surface area (Å²) in [6, 6.07) is 12.9. The van der Waals surface area contributed by atoms with Crippen LogP contribution in [0.2, 0.25) is 0 Å². The molecule has 0 radical (unpaired) electrons. The van der Waals surface area contributed by atoms with Crippen molar-refractivity contribution in [3.05, 3.63) is 58.6 Å². The summed E-state index contributed by atoms with van der Waals surface area (Å²) in [5, 5.41) is 13.4. The van der Waals surface area contributed by atoms with Gasteiger partial charge in [-0.05, 0) is 62.9 Å². The van der Waals surface area contributed by atoms with Crippen LogP contribution in [0.3, 0.4) is 0 Å². The third-order valence-corrected chi connectivity index (χ3v) is 6.40. The molecule has 0 saturated carbocycles. The number of rotatable bonds is 5. The van der Waals surface area contributed by atoms with E-state index in [0.29, 0.717) is 12.8 Å². The van der Waals surface area contributed by atoms with Crippen LogP contribution in [0.1, 0.15) is 43.3 Å². The van der Waals surface area contributed by atoms with E-state index in [9.17, 15) is 14.7 Å². The van der Waals surface area contributed by atoms with Gasteiger partial charge in [0.1, 0.15) is 16.4 Å². The molecule has 0 aliphatic heterocycles. The number of nitrogens with one attached hydrogen (secondary N) is 1. The first-order valence-electron chi connectivity index (χ1n) is 10.3. The number of hydrogen-bond acceptors (Lipinski definition) is 6. The molecular formula is C24H26N2O4S. The summed E-state index contributed by atoms with van der Waals surface area (Å²) >= 11 is 1.43. The van der Waals surface area contributed by atoms with Crippen LogP contribution in [0.15, 0.2) is 42.5 Å². The third-order valence-electron chi connectivity index (χ3n) is 5.38. The predicted octanol–water partition coefficient (Wildman–Crippen LogP) is 4.14. The lowest BCUT2D eigenvalue weighted by Crippen LogP contribution is -2.44. The zero-order valence-electron chi connectivity index (χ0n) is 17.9. The lowest BCUT2D eigenvalue weighted by Gasteiger charge is -2.28. The minimum absolute atomic E-state index is 0.0263. The molecule has 7 heteroatoms. The van der Waals surface area contributed by atoms with Crippen LogP contribution in [0, 0.1) is 5.41 Å². The third kappa shape index (κ3) is 4.71. The molecule has 0 saturated heterocycles. The number of phenolic OH excluding ortho intramolecular Hbond substituents is 1. The molecule has 1 aromatic heterocycles. The second kappa shape index (κ2) is 7.96. The van der Waals surface area contributed by atoms with Gasteiger partial charge in [-0.25, -0.2) is 4.98 Å². The molecule has 6 nitrogen and oxygen atoms in total. The van der Waals surface area contributed by atoms with Crippen molar-refractivity contribution in [3.8, 4) is 5.75 Å². The van der Waals surface area contributed by atoms with E-state index < -0.39 is 11.0 Å². The first-order valence-corrected chi connectivity index (χ1v) is 11.1. The first-order chi connectivity index (χ1) is 14.6. The van der Waals surface area contributed by atoms with Crippen molar-refractivity contribution < 1.29 is 19.4 Å². The number of esters is 1. The van der Waals surface area contributed by atoms with Gasteiger partial charge in [0.15, 0.2) is 0 Å². The van der Waals surface area contributed by atoms with Crippen LogP contribution in [0.5, 0.6) is 5.75 Å². The quantitative estimate of drug-likeness (QED) is 0.585. The minimum atomic E-state index is -0.874. The van der Waals surface area contributed by atoms with Gasteiger partial charge in [-0.15, -0.1) is 11.3 Å². The summed E-state index contributed by atoms with van der Waals surface area (Å²) in [5.74, 6) is -0.352. The van der Waals surface area contributed by atoms with Gasteiger partial charge < -0.3 is 15.2 Å². The Kier molecular flexibility index (Phi) is 5.47.